The van der Waals surface area contributed by atoms with E-state index in [1.54, 1.807) is 0 Å². The van der Waals surface area contributed by atoms with E-state index in [1.807, 2.05) is 13.1 Å². The average molecular weight is 134 g/mol. The average Bonchev–Trinajstić information content (AvgIpc) is 2.05. The summed E-state index contributed by atoms with van der Waals surface area (Å²) >= 11 is 0. The second kappa shape index (κ2) is 3.37. The van der Waals surface area contributed by atoms with Crippen LogP contribution in [0.15, 0.2) is 30.3 Å². The zero-order chi connectivity index (χ0) is 7.40. The van der Waals surface area contributed by atoms with Gasteiger partial charge in [0.25, 0.3) is 0 Å². The lowest BCUT2D eigenvalue weighted by Crippen LogP contribution is -2.11. The van der Waals surface area contributed by atoms with E-state index < -0.39 is 0 Å². The molecule has 10 heavy (non-hydrogen) atoms. The fourth-order valence-corrected chi connectivity index (χ4v) is 0.908. The minimum absolute atomic E-state index is 0.459. The van der Waals surface area contributed by atoms with Crippen LogP contribution >= 0.6 is 0 Å². The Hall–Kier alpha value is -0.820. The molecule has 0 saturated carbocycles. The summed E-state index contributed by atoms with van der Waals surface area (Å²) in [7, 11) is 1.97. The van der Waals surface area contributed by atoms with E-state index >= 15 is 0 Å². The standard InChI is InChI=1S/C9H13N/c1-8(10-2)9-6-4-3-5-7-9/h3-8,10H,1-2H3/i2-1. The molecule has 0 fully saturated rings. The Morgan fingerprint density at radius 3 is 2.30 bits per heavy atom. The molecule has 0 spiro atoms. The molecule has 1 atom stereocenters. The highest BCUT2D eigenvalue weighted by Crippen LogP contribution is 2.09. The van der Waals surface area contributed by atoms with Crippen LogP contribution in [0.3, 0.4) is 0 Å². The van der Waals surface area contributed by atoms with Gasteiger partial charge in [-0.2, -0.15) is 0 Å². The molecule has 0 bridgehead atoms. The van der Waals surface area contributed by atoms with Crippen LogP contribution in [-0.2, 0) is 0 Å². The first-order valence-corrected chi connectivity index (χ1v) is 3.57. The maximum Gasteiger partial charge on any atom is 0.0289 e. The Balaban J connectivity index is 2.75. The van der Waals surface area contributed by atoms with E-state index in [2.05, 4.69) is 36.5 Å². The van der Waals surface area contributed by atoms with Crippen LogP contribution in [0, 0.1) is 0 Å². The minimum Gasteiger partial charge on any atom is -0.313 e. The van der Waals surface area contributed by atoms with Crippen LogP contribution in [-0.4, -0.2) is 7.05 Å². The monoisotopic (exact) mass is 134 g/mol. The summed E-state index contributed by atoms with van der Waals surface area (Å²) in [5.41, 5.74) is 1.34. The Morgan fingerprint density at radius 1 is 1.20 bits per heavy atom. The quantitative estimate of drug-likeness (QED) is 0.652. The molecule has 0 aromatic heterocycles. The maximum absolute atomic E-state index is 3.18. The Labute approximate surface area is 62.1 Å². The van der Waals surface area contributed by atoms with Gasteiger partial charge in [-0.25, -0.2) is 0 Å². The van der Waals surface area contributed by atoms with Gasteiger partial charge in [0.15, 0.2) is 0 Å². The molecule has 1 nitrogen and oxygen atoms in total. The van der Waals surface area contributed by atoms with Gasteiger partial charge in [0.1, 0.15) is 0 Å². The first-order chi connectivity index (χ1) is 4.84. The van der Waals surface area contributed by atoms with Crippen LogP contribution in [0.2, 0.25) is 0 Å². The Kier molecular flexibility index (Phi) is 2.46. The predicted molar refractivity (Wildman–Crippen MR) is 43.9 cm³/mol. The molecule has 0 aliphatic heterocycles. The van der Waals surface area contributed by atoms with Crippen molar-refractivity contribution < 1.29 is 0 Å². The van der Waals surface area contributed by atoms with Crippen molar-refractivity contribution in [3.05, 3.63) is 35.9 Å². The fourth-order valence-electron chi connectivity index (χ4n) is 0.908. The van der Waals surface area contributed by atoms with Crippen molar-refractivity contribution in [3.8, 4) is 0 Å². The zero-order valence-electron chi connectivity index (χ0n) is 6.46. The van der Waals surface area contributed by atoms with Gasteiger partial charge in [0.05, 0.1) is 0 Å². The molecule has 0 aliphatic rings. The van der Waals surface area contributed by atoms with Gasteiger partial charge in [-0.3, -0.25) is 0 Å². The van der Waals surface area contributed by atoms with Gasteiger partial charge < -0.3 is 5.32 Å². The summed E-state index contributed by atoms with van der Waals surface area (Å²) < 4.78 is 0. The lowest BCUT2D eigenvalue weighted by atomic mass is 10.1. The van der Waals surface area contributed by atoms with E-state index in [0.717, 1.165) is 0 Å². The lowest BCUT2D eigenvalue weighted by molar-refractivity contribution is 0.652. The van der Waals surface area contributed by atoms with Crippen molar-refractivity contribution in [1.29, 1.82) is 0 Å². The van der Waals surface area contributed by atoms with Crippen molar-refractivity contribution in [2.24, 2.45) is 0 Å². The van der Waals surface area contributed by atoms with E-state index in [9.17, 15) is 0 Å². The molecule has 1 aromatic rings. The van der Waals surface area contributed by atoms with E-state index in [1.165, 1.54) is 5.56 Å². The van der Waals surface area contributed by atoms with Gasteiger partial charge in [0, 0.05) is 6.04 Å². The Morgan fingerprint density at radius 2 is 1.80 bits per heavy atom. The maximum atomic E-state index is 3.18. The summed E-state index contributed by atoms with van der Waals surface area (Å²) in [5.74, 6) is 0. The van der Waals surface area contributed by atoms with E-state index in [-0.39, 0.29) is 0 Å². The van der Waals surface area contributed by atoms with Crippen LogP contribution in [0.25, 0.3) is 0 Å². The highest BCUT2D eigenvalue weighted by Gasteiger charge is 1.97. The molecule has 54 valence electrons. The van der Waals surface area contributed by atoms with Crippen molar-refractivity contribution in [1.82, 2.24) is 5.32 Å². The topological polar surface area (TPSA) is 12.0 Å². The SMILES string of the molecule is CC(N[11CH3])c1ccccc1. The van der Waals surface area contributed by atoms with Crippen molar-refractivity contribution in [2.75, 3.05) is 7.05 Å². The van der Waals surface area contributed by atoms with Crippen molar-refractivity contribution in [2.45, 2.75) is 13.0 Å². The third-order valence-electron chi connectivity index (χ3n) is 1.73. The fraction of sp³-hybridized carbons (Fsp3) is 0.333. The molecule has 1 heteroatoms. The van der Waals surface area contributed by atoms with Gasteiger partial charge in [-0.05, 0) is 19.5 Å². The summed E-state index contributed by atoms with van der Waals surface area (Å²) in [6.45, 7) is 2.15. The van der Waals surface area contributed by atoms with Crippen LogP contribution in [0.1, 0.15) is 18.5 Å². The smallest absolute Gasteiger partial charge is 0.0289 e. The number of rotatable bonds is 2. The predicted octanol–water partition coefficient (Wildman–Crippen LogP) is 1.97. The number of hydrogen-bond donors (Lipinski definition) is 1. The number of benzene rings is 1. The van der Waals surface area contributed by atoms with Crippen molar-refractivity contribution in [3.63, 3.8) is 0 Å². The molecule has 0 amide bonds. The van der Waals surface area contributed by atoms with Gasteiger partial charge in [0.2, 0.25) is 0 Å². The van der Waals surface area contributed by atoms with E-state index in [0.29, 0.717) is 6.04 Å². The summed E-state index contributed by atoms with van der Waals surface area (Å²) in [5, 5.41) is 3.18. The molecule has 0 heterocycles. The summed E-state index contributed by atoms with van der Waals surface area (Å²) in [6.07, 6.45) is 0. The first kappa shape index (κ1) is 7.29. The summed E-state index contributed by atoms with van der Waals surface area (Å²) in [4.78, 5) is 0. The van der Waals surface area contributed by atoms with Crippen LogP contribution in [0.4, 0.5) is 0 Å². The second-order valence-corrected chi connectivity index (χ2v) is 2.42. The third-order valence-corrected chi connectivity index (χ3v) is 1.73. The highest BCUT2D eigenvalue weighted by atomic mass is 14.8. The molecule has 1 rings (SSSR count). The second-order valence-electron chi connectivity index (χ2n) is 2.42. The molecule has 0 radical (unpaired) electrons. The molecular formula is C9H13N. The first-order valence-electron chi connectivity index (χ1n) is 3.57. The highest BCUT2D eigenvalue weighted by molar-refractivity contribution is 5.17. The molecule has 1 aromatic carbocycles. The summed E-state index contributed by atoms with van der Waals surface area (Å²) in [6, 6.07) is 10.9. The van der Waals surface area contributed by atoms with Crippen LogP contribution in [0.5, 0.6) is 0 Å². The Bertz CT molecular complexity index is 181. The number of hydrogen-bond acceptors (Lipinski definition) is 1. The number of nitrogens with one attached hydrogen (secondary N) is 1. The molecule has 1 unspecified atom stereocenters. The molecular weight excluding hydrogens is 121 g/mol. The normalized spacial score (nSPS) is 13.0. The van der Waals surface area contributed by atoms with E-state index in [4.69, 9.17) is 0 Å². The lowest BCUT2D eigenvalue weighted by Gasteiger charge is -2.08. The molecule has 0 aliphatic carbocycles. The van der Waals surface area contributed by atoms with Crippen molar-refractivity contribution >= 4 is 0 Å². The van der Waals surface area contributed by atoms with Gasteiger partial charge >= 0.3 is 0 Å². The minimum atomic E-state index is 0.459. The molecule has 0 saturated heterocycles. The van der Waals surface area contributed by atoms with Gasteiger partial charge in [-0.15, -0.1) is 0 Å². The molecule has 1 N–H and O–H groups in total. The van der Waals surface area contributed by atoms with Gasteiger partial charge in [-0.1, -0.05) is 30.3 Å². The largest absolute Gasteiger partial charge is 0.313 e. The zero-order valence-corrected chi connectivity index (χ0v) is 6.46. The van der Waals surface area contributed by atoms with Crippen LogP contribution < -0.4 is 5.32 Å². The third kappa shape index (κ3) is 1.58.